The second-order valence-electron chi connectivity index (χ2n) is 8.74. The number of aliphatic hydroxyl groups excluding tert-OH is 2. The molecule has 2 unspecified atom stereocenters. The Morgan fingerprint density at radius 1 is 0.923 bits per heavy atom. The van der Waals surface area contributed by atoms with E-state index in [0.717, 1.165) is 38.3 Å². The van der Waals surface area contributed by atoms with E-state index in [2.05, 4.69) is 51.2 Å². The van der Waals surface area contributed by atoms with Crippen LogP contribution in [0.15, 0.2) is 66.3 Å². The molecular formula is C27H34N4O8. The van der Waals surface area contributed by atoms with Gasteiger partial charge in [-0.15, -0.1) is 6.58 Å². The molecule has 12 heteroatoms. The Labute approximate surface area is 226 Å². The molecule has 1 heterocycles. The van der Waals surface area contributed by atoms with Gasteiger partial charge in [-0.3, -0.25) is 14.6 Å². The van der Waals surface area contributed by atoms with Gasteiger partial charge in [0.2, 0.25) is 0 Å². The number of carbonyl (C=O) groups excluding carboxylic acids is 1. The summed E-state index contributed by atoms with van der Waals surface area (Å²) in [7, 11) is 0. The number of hydrogen-bond acceptors (Lipinski definition) is 9. The second kappa shape index (κ2) is 16.0. The Hall–Kier alpha value is -4.10. The van der Waals surface area contributed by atoms with Crippen LogP contribution in [-0.4, -0.2) is 104 Å². The molecule has 1 aliphatic heterocycles. The highest BCUT2D eigenvalue weighted by molar-refractivity contribution is 5.86. The standard InChI is InChI=1S/C23H28N4O2.C4H6O6/c1-2-7-20-10-6-11-21(23(20)29)16-24-25-22(28)18-27-14-12-26(13-15-27)17-19-8-4-3-5-9-19;5-1(3(7)8)2(6)4(9)10/h2-6,8-11,16,29H,1,7,12-15,17-18H2,(H,25,28);1-2,5-6H,(H,7,8)(H,9,10). The number of phenolic OH excluding ortho intramolecular Hbond substituents is 1. The zero-order valence-electron chi connectivity index (χ0n) is 21.4. The van der Waals surface area contributed by atoms with E-state index in [1.165, 1.54) is 11.8 Å². The van der Waals surface area contributed by atoms with Crippen LogP contribution in [0.1, 0.15) is 16.7 Å². The summed E-state index contributed by atoms with van der Waals surface area (Å²) in [5.41, 5.74) is 5.22. The molecule has 2 aromatic carbocycles. The Bertz CT molecular complexity index is 1120. The van der Waals surface area contributed by atoms with Crippen LogP contribution in [-0.2, 0) is 27.3 Å². The van der Waals surface area contributed by atoms with Crippen LogP contribution >= 0.6 is 0 Å². The van der Waals surface area contributed by atoms with Gasteiger partial charge in [0, 0.05) is 38.3 Å². The summed E-state index contributed by atoms with van der Waals surface area (Å²) in [6.45, 7) is 8.54. The molecule has 0 spiro atoms. The van der Waals surface area contributed by atoms with E-state index in [9.17, 15) is 19.5 Å². The Morgan fingerprint density at radius 2 is 1.51 bits per heavy atom. The number of carbonyl (C=O) groups is 3. The number of aliphatic hydroxyl groups is 2. The molecule has 6 N–H and O–H groups in total. The van der Waals surface area contributed by atoms with Crippen molar-refractivity contribution in [3.05, 3.63) is 77.9 Å². The molecule has 210 valence electrons. The number of carboxylic acids is 2. The summed E-state index contributed by atoms with van der Waals surface area (Å²) in [5, 5.41) is 46.7. The molecule has 0 radical (unpaired) electrons. The summed E-state index contributed by atoms with van der Waals surface area (Å²) in [6.07, 6.45) is -0.750. The van der Waals surface area contributed by atoms with Crippen LogP contribution < -0.4 is 5.43 Å². The van der Waals surface area contributed by atoms with Crippen molar-refractivity contribution >= 4 is 24.1 Å². The lowest BCUT2D eigenvalue weighted by Crippen LogP contribution is -2.48. The van der Waals surface area contributed by atoms with Crippen LogP contribution in [0.5, 0.6) is 5.75 Å². The molecule has 0 saturated carbocycles. The highest BCUT2D eigenvalue weighted by Crippen LogP contribution is 2.21. The number of aromatic hydroxyl groups is 1. The minimum Gasteiger partial charge on any atom is -0.507 e. The molecule has 1 fully saturated rings. The molecule has 0 aliphatic carbocycles. The molecule has 1 saturated heterocycles. The molecule has 2 atom stereocenters. The fraction of sp³-hybridized carbons (Fsp3) is 0.333. The molecule has 3 rings (SSSR count). The van der Waals surface area contributed by atoms with Gasteiger partial charge in [-0.25, -0.2) is 15.0 Å². The van der Waals surface area contributed by atoms with Gasteiger partial charge in [0.1, 0.15) is 5.75 Å². The fourth-order valence-corrected chi connectivity index (χ4v) is 3.67. The third-order valence-corrected chi connectivity index (χ3v) is 5.79. The largest absolute Gasteiger partial charge is 0.507 e. The molecule has 39 heavy (non-hydrogen) atoms. The van der Waals surface area contributed by atoms with Gasteiger partial charge in [0.25, 0.3) is 5.91 Å². The third-order valence-electron chi connectivity index (χ3n) is 5.79. The molecule has 2 aromatic rings. The predicted molar refractivity (Wildman–Crippen MR) is 143 cm³/mol. The van der Waals surface area contributed by atoms with E-state index in [-0.39, 0.29) is 11.7 Å². The number of piperazine rings is 1. The maximum absolute atomic E-state index is 12.2. The zero-order chi connectivity index (χ0) is 28.8. The number of hydrazone groups is 1. The van der Waals surface area contributed by atoms with Crippen molar-refractivity contribution < 1.29 is 39.9 Å². The smallest absolute Gasteiger partial charge is 0.335 e. The van der Waals surface area contributed by atoms with Crippen LogP contribution in [0.3, 0.4) is 0 Å². The van der Waals surface area contributed by atoms with E-state index in [0.29, 0.717) is 18.5 Å². The summed E-state index contributed by atoms with van der Waals surface area (Å²) < 4.78 is 0. The number of para-hydroxylation sites is 1. The van der Waals surface area contributed by atoms with E-state index >= 15 is 0 Å². The maximum atomic E-state index is 12.2. The monoisotopic (exact) mass is 542 g/mol. The summed E-state index contributed by atoms with van der Waals surface area (Å²) in [5.74, 6) is -3.52. The van der Waals surface area contributed by atoms with Crippen molar-refractivity contribution in [2.45, 2.75) is 25.2 Å². The lowest BCUT2D eigenvalue weighted by Gasteiger charge is -2.34. The first-order valence-corrected chi connectivity index (χ1v) is 12.2. The highest BCUT2D eigenvalue weighted by Gasteiger charge is 2.29. The number of rotatable bonds is 11. The predicted octanol–water partition coefficient (Wildman–Crippen LogP) is 0.266. The van der Waals surface area contributed by atoms with Crippen molar-refractivity contribution in [1.29, 1.82) is 0 Å². The summed E-state index contributed by atoms with van der Waals surface area (Å²) in [6, 6.07) is 15.9. The van der Waals surface area contributed by atoms with Crippen molar-refractivity contribution in [1.82, 2.24) is 15.2 Å². The van der Waals surface area contributed by atoms with Gasteiger partial charge < -0.3 is 25.5 Å². The summed E-state index contributed by atoms with van der Waals surface area (Å²) >= 11 is 0. The SMILES string of the molecule is C=CCc1cccc(C=NNC(=O)CN2CCN(Cc3ccccc3)CC2)c1O.O=C(O)C(O)C(O)C(=O)O. The first kappa shape index (κ1) is 31.1. The second-order valence-corrected chi connectivity index (χ2v) is 8.74. The average molecular weight is 543 g/mol. The van der Waals surface area contributed by atoms with Crippen LogP contribution in [0.4, 0.5) is 0 Å². The number of allylic oxidation sites excluding steroid dienone is 1. The summed E-state index contributed by atoms with van der Waals surface area (Å²) in [4.78, 5) is 36.3. The third kappa shape index (κ3) is 10.7. The normalized spacial score (nSPS) is 15.5. The van der Waals surface area contributed by atoms with Crippen molar-refractivity contribution in [3.8, 4) is 5.75 Å². The molecule has 0 aromatic heterocycles. The van der Waals surface area contributed by atoms with Crippen molar-refractivity contribution in [2.24, 2.45) is 5.10 Å². The Balaban J connectivity index is 0.000000455. The zero-order valence-corrected chi connectivity index (χ0v) is 21.4. The number of nitrogens with zero attached hydrogens (tertiary/aromatic N) is 3. The number of hydrogen-bond donors (Lipinski definition) is 6. The first-order chi connectivity index (χ1) is 18.6. The van der Waals surface area contributed by atoms with Crippen LogP contribution in [0, 0.1) is 0 Å². The van der Waals surface area contributed by atoms with E-state index in [1.54, 1.807) is 12.1 Å². The van der Waals surface area contributed by atoms with Gasteiger partial charge in [-0.2, -0.15) is 5.10 Å². The first-order valence-electron chi connectivity index (χ1n) is 12.2. The minimum atomic E-state index is -2.27. The van der Waals surface area contributed by atoms with E-state index in [1.807, 2.05) is 18.2 Å². The number of amides is 1. The molecule has 12 nitrogen and oxygen atoms in total. The molecule has 1 aliphatic rings. The van der Waals surface area contributed by atoms with Gasteiger partial charge in [-0.1, -0.05) is 48.5 Å². The van der Waals surface area contributed by atoms with Gasteiger partial charge in [0.15, 0.2) is 12.2 Å². The Kier molecular flexibility index (Phi) is 12.8. The van der Waals surface area contributed by atoms with Crippen molar-refractivity contribution in [2.75, 3.05) is 32.7 Å². The van der Waals surface area contributed by atoms with E-state index in [4.69, 9.17) is 20.4 Å². The lowest BCUT2D eigenvalue weighted by atomic mass is 10.1. The molecular weight excluding hydrogens is 508 g/mol. The topological polar surface area (TPSA) is 183 Å². The van der Waals surface area contributed by atoms with Crippen molar-refractivity contribution in [3.63, 3.8) is 0 Å². The average Bonchev–Trinajstić information content (AvgIpc) is 2.92. The minimum absolute atomic E-state index is 0.153. The van der Waals surface area contributed by atoms with E-state index < -0.39 is 24.1 Å². The highest BCUT2D eigenvalue weighted by atomic mass is 16.4. The van der Waals surface area contributed by atoms with Crippen LogP contribution in [0.2, 0.25) is 0 Å². The fourth-order valence-electron chi connectivity index (χ4n) is 3.67. The Morgan fingerprint density at radius 3 is 2.08 bits per heavy atom. The maximum Gasteiger partial charge on any atom is 0.335 e. The number of benzene rings is 2. The van der Waals surface area contributed by atoms with Crippen LogP contribution in [0.25, 0.3) is 0 Å². The number of phenols is 1. The van der Waals surface area contributed by atoms with Gasteiger partial charge >= 0.3 is 11.9 Å². The van der Waals surface area contributed by atoms with Gasteiger partial charge in [-0.05, 0) is 23.6 Å². The number of nitrogens with one attached hydrogen (secondary N) is 1. The molecule has 0 bridgehead atoms. The quantitative estimate of drug-likeness (QED) is 0.131. The molecule has 1 amide bonds. The van der Waals surface area contributed by atoms with Gasteiger partial charge in [0.05, 0.1) is 12.8 Å². The lowest BCUT2D eigenvalue weighted by molar-refractivity contribution is -0.165. The number of aliphatic carboxylic acids is 2. The number of carboxylic acid groups (broad SMARTS) is 2.